The lowest BCUT2D eigenvalue weighted by Gasteiger charge is -2.08. The number of aldehydes is 1. The number of pyridine rings is 1. The first-order chi connectivity index (χ1) is 10.7. The smallest absolute Gasteiger partial charge is 0.152 e. The highest BCUT2D eigenvalue weighted by molar-refractivity contribution is 5.98. The van der Waals surface area contributed by atoms with Gasteiger partial charge in [-0.1, -0.05) is 37.3 Å². The Kier molecular flexibility index (Phi) is 3.98. The molecule has 0 aliphatic carbocycles. The van der Waals surface area contributed by atoms with E-state index in [2.05, 4.69) is 36.2 Å². The molecule has 2 aromatic carbocycles. The van der Waals surface area contributed by atoms with E-state index in [1.807, 2.05) is 18.2 Å². The van der Waals surface area contributed by atoms with Gasteiger partial charge in [0, 0.05) is 10.9 Å². The zero-order valence-corrected chi connectivity index (χ0v) is 12.4. The van der Waals surface area contributed by atoms with Gasteiger partial charge in [0.05, 0.1) is 17.8 Å². The first-order valence-electron chi connectivity index (χ1n) is 7.34. The Balaban J connectivity index is 2.16. The van der Waals surface area contributed by atoms with E-state index in [9.17, 15) is 9.90 Å². The van der Waals surface area contributed by atoms with Crippen LogP contribution in [-0.2, 0) is 13.0 Å². The van der Waals surface area contributed by atoms with E-state index < -0.39 is 0 Å². The first-order valence-corrected chi connectivity index (χ1v) is 7.34. The number of nitrogens with zero attached hydrogens (tertiary/aromatic N) is 1. The molecule has 3 heteroatoms. The molecule has 0 saturated heterocycles. The number of fused-ring (bicyclic) bond motifs is 1. The van der Waals surface area contributed by atoms with Gasteiger partial charge < -0.3 is 5.11 Å². The molecular weight excluding hydrogens is 274 g/mol. The van der Waals surface area contributed by atoms with Crippen LogP contribution in [0.5, 0.6) is 0 Å². The molecular formula is C19H17NO2. The number of aryl methyl sites for hydroxylation is 1. The molecule has 3 nitrogen and oxygen atoms in total. The summed E-state index contributed by atoms with van der Waals surface area (Å²) in [5.74, 6) is 0. The summed E-state index contributed by atoms with van der Waals surface area (Å²) in [4.78, 5) is 15.7. The van der Waals surface area contributed by atoms with Gasteiger partial charge in [0.1, 0.15) is 0 Å². The first kappa shape index (κ1) is 14.4. The highest BCUT2D eigenvalue weighted by Crippen LogP contribution is 2.27. The van der Waals surface area contributed by atoms with E-state index in [1.165, 1.54) is 5.56 Å². The zero-order valence-electron chi connectivity index (χ0n) is 12.4. The maximum absolute atomic E-state index is 11.4. The zero-order chi connectivity index (χ0) is 15.5. The molecule has 0 aliphatic rings. The van der Waals surface area contributed by atoms with Crippen molar-refractivity contribution in [3.8, 4) is 11.1 Å². The predicted octanol–water partition coefficient (Wildman–Crippen LogP) is 3.77. The van der Waals surface area contributed by atoms with Crippen LogP contribution >= 0.6 is 0 Å². The molecule has 0 spiro atoms. The third kappa shape index (κ3) is 2.63. The van der Waals surface area contributed by atoms with Crippen LogP contribution in [0.2, 0.25) is 0 Å². The number of hydrogen-bond acceptors (Lipinski definition) is 3. The highest BCUT2D eigenvalue weighted by atomic mass is 16.3. The summed E-state index contributed by atoms with van der Waals surface area (Å²) in [5, 5.41) is 10.1. The van der Waals surface area contributed by atoms with Gasteiger partial charge >= 0.3 is 0 Å². The van der Waals surface area contributed by atoms with Gasteiger partial charge in [0.25, 0.3) is 0 Å². The largest absolute Gasteiger partial charge is 0.390 e. The molecule has 3 rings (SSSR count). The topological polar surface area (TPSA) is 50.2 Å². The van der Waals surface area contributed by atoms with Crippen LogP contribution in [0.1, 0.15) is 28.5 Å². The third-order valence-electron chi connectivity index (χ3n) is 3.86. The summed E-state index contributed by atoms with van der Waals surface area (Å²) in [7, 11) is 0. The van der Waals surface area contributed by atoms with Gasteiger partial charge in [0.2, 0.25) is 0 Å². The molecule has 0 atom stereocenters. The average molecular weight is 291 g/mol. The van der Waals surface area contributed by atoms with E-state index >= 15 is 0 Å². The van der Waals surface area contributed by atoms with Gasteiger partial charge in [-0.2, -0.15) is 0 Å². The van der Waals surface area contributed by atoms with E-state index in [0.717, 1.165) is 29.2 Å². The molecule has 0 saturated carbocycles. The number of hydrogen-bond donors (Lipinski definition) is 1. The van der Waals surface area contributed by atoms with Crippen molar-refractivity contribution in [2.24, 2.45) is 0 Å². The fraction of sp³-hybridized carbons (Fsp3) is 0.158. The van der Waals surface area contributed by atoms with Gasteiger partial charge in [-0.05, 0) is 41.3 Å². The van der Waals surface area contributed by atoms with E-state index in [1.54, 1.807) is 6.07 Å². The van der Waals surface area contributed by atoms with Crippen molar-refractivity contribution in [1.29, 1.82) is 0 Å². The summed E-state index contributed by atoms with van der Waals surface area (Å²) < 4.78 is 0. The van der Waals surface area contributed by atoms with Gasteiger partial charge in [-0.25, -0.2) is 4.98 Å². The minimum Gasteiger partial charge on any atom is -0.390 e. The number of aromatic nitrogens is 1. The van der Waals surface area contributed by atoms with Gasteiger partial charge in [-0.3, -0.25) is 4.79 Å². The number of benzene rings is 2. The number of rotatable bonds is 4. The standard InChI is InChI=1S/C19H17NO2/c1-2-13-3-5-14(6-4-13)16-9-15-7-8-18(12-22)20-19(15)17(10-16)11-21/h3-11,22H,2,12H2,1H3. The fourth-order valence-electron chi connectivity index (χ4n) is 2.58. The fourth-order valence-corrected chi connectivity index (χ4v) is 2.58. The molecule has 1 aromatic heterocycles. The molecule has 0 bridgehead atoms. The molecule has 0 radical (unpaired) electrons. The van der Waals surface area contributed by atoms with Crippen molar-refractivity contribution in [1.82, 2.24) is 4.98 Å². The summed E-state index contributed by atoms with van der Waals surface area (Å²) in [6.07, 6.45) is 1.83. The maximum atomic E-state index is 11.4. The van der Waals surface area contributed by atoms with Crippen molar-refractivity contribution in [2.45, 2.75) is 20.0 Å². The molecule has 0 fully saturated rings. The van der Waals surface area contributed by atoms with Crippen LogP contribution < -0.4 is 0 Å². The lowest BCUT2D eigenvalue weighted by atomic mass is 9.98. The third-order valence-corrected chi connectivity index (χ3v) is 3.86. The molecule has 22 heavy (non-hydrogen) atoms. The maximum Gasteiger partial charge on any atom is 0.152 e. The normalized spacial score (nSPS) is 10.8. The van der Waals surface area contributed by atoms with Gasteiger partial charge in [0.15, 0.2) is 6.29 Å². The predicted molar refractivity (Wildman–Crippen MR) is 87.9 cm³/mol. The monoisotopic (exact) mass is 291 g/mol. The number of aliphatic hydroxyl groups excluding tert-OH is 1. The van der Waals surface area contributed by atoms with Crippen molar-refractivity contribution in [3.05, 3.63) is 65.4 Å². The lowest BCUT2D eigenvalue weighted by molar-refractivity contribution is 0.112. The molecule has 0 unspecified atom stereocenters. The Labute approximate surface area is 129 Å². The van der Waals surface area contributed by atoms with Crippen molar-refractivity contribution in [2.75, 3.05) is 0 Å². The van der Waals surface area contributed by atoms with Crippen LogP contribution in [0.4, 0.5) is 0 Å². The molecule has 1 heterocycles. The summed E-state index contributed by atoms with van der Waals surface area (Å²) in [5.41, 5.74) is 5.10. The van der Waals surface area contributed by atoms with E-state index in [4.69, 9.17) is 0 Å². The van der Waals surface area contributed by atoms with Crippen LogP contribution in [0.15, 0.2) is 48.5 Å². The van der Waals surface area contributed by atoms with Crippen molar-refractivity contribution < 1.29 is 9.90 Å². The Morgan fingerprint density at radius 2 is 1.82 bits per heavy atom. The highest BCUT2D eigenvalue weighted by Gasteiger charge is 2.08. The van der Waals surface area contributed by atoms with Crippen LogP contribution in [-0.4, -0.2) is 16.4 Å². The summed E-state index contributed by atoms with van der Waals surface area (Å²) in [6.45, 7) is 1.99. The Bertz CT molecular complexity index is 823. The quantitative estimate of drug-likeness (QED) is 0.744. The van der Waals surface area contributed by atoms with Crippen molar-refractivity contribution >= 4 is 17.2 Å². The molecule has 3 aromatic rings. The SMILES string of the molecule is CCc1ccc(-c2cc(C=O)c3nc(CO)ccc3c2)cc1. The summed E-state index contributed by atoms with van der Waals surface area (Å²) >= 11 is 0. The Morgan fingerprint density at radius 1 is 1.05 bits per heavy atom. The van der Waals surface area contributed by atoms with Crippen LogP contribution in [0, 0.1) is 0 Å². The van der Waals surface area contributed by atoms with E-state index in [-0.39, 0.29) is 6.61 Å². The second kappa shape index (κ2) is 6.08. The van der Waals surface area contributed by atoms with Crippen LogP contribution in [0.25, 0.3) is 22.0 Å². The number of aliphatic hydroxyl groups is 1. The lowest BCUT2D eigenvalue weighted by Crippen LogP contribution is -1.94. The number of carbonyl (C=O) groups is 1. The minimum atomic E-state index is -0.130. The van der Waals surface area contributed by atoms with E-state index in [0.29, 0.717) is 16.8 Å². The van der Waals surface area contributed by atoms with Crippen molar-refractivity contribution in [3.63, 3.8) is 0 Å². The van der Waals surface area contributed by atoms with Crippen LogP contribution in [0.3, 0.4) is 0 Å². The second-order valence-corrected chi connectivity index (χ2v) is 5.27. The second-order valence-electron chi connectivity index (χ2n) is 5.27. The Morgan fingerprint density at radius 3 is 2.45 bits per heavy atom. The molecule has 0 amide bonds. The molecule has 110 valence electrons. The Hall–Kier alpha value is -2.52. The molecule has 1 N–H and O–H groups in total. The summed E-state index contributed by atoms with van der Waals surface area (Å²) in [6, 6.07) is 15.9. The minimum absolute atomic E-state index is 0.130. The molecule has 0 aliphatic heterocycles. The number of carbonyl (C=O) groups excluding carboxylic acids is 1. The van der Waals surface area contributed by atoms with Gasteiger partial charge in [-0.15, -0.1) is 0 Å². The average Bonchev–Trinajstić information content (AvgIpc) is 2.60.